The van der Waals surface area contributed by atoms with Gasteiger partial charge in [-0.05, 0) is 13.8 Å². The van der Waals surface area contributed by atoms with E-state index in [1.54, 1.807) is 20.0 Å². The molecule has 0 amide bonds. The predicted octanol–water partition coefficient (Wildman–Crippen LogP) is 2.70. The molecule has 0 aliphatic heterocycles. The van der Waals surface area contributed by atoms with Gasteiger partial charge in [0.25, 0.3) is 0 Å². The topological polar surface area (TPSA) is 153 Å². The van der Waals surface area contributed by atoms with E-state index in [0.717, 1.165) is 5.56 Å². The van der Waals surface area contributed by atoms with Crippen molar-refractivity contribution in [3.63, 3.8) is 0 Å². The Morgan fingerprint density at radius 2 is 1.57 bits per heavy atom. The molecular weight excluding hydrogens is 637 g/mol. The van der Waals surface area contributed by atoms with Crippen molar-refractivity contribution in [3.8, 4) is 6.07 Å². The average molecular weight is 656 g/mol. The summed E-state index contributed by atoms with van der Waals surface area (Å²) in [4.78, 5) is 15.5. The SMILES string of the molecule is Cc1ncc(C#N)c(N)n1.Cc1ncc(CN)c(N)n1.I.II.[HH]. The van der Waals surface area contributed by atoms with Crippen molar-refractivity contribution in [2.24, 2.45) is 5.73 Å². The minimum absolute atomic E-state index is 0. The minimum Gasteiger partial charge on any atom is -0.383 e. The number of aryl methyl sites for hydroxylation is 2. The number of halogens is 3. The average Bonchev–Trinajstić information content (AvgIpc) is 2.50. The third-order valence-electron chi connectivity index (χ3n) is 2.30. The molecule has 0 saturated carbocycles. The van der Waals surface area contributed by atoms with Crippen molar-refractivity contribution in [1.82, 2.24) is 19.9 Å². The number of anilines is 2. The summed E-state index contributed by atoms with van der Waals surface area (Å²) in [6, 6.07) is 1.87. The molecular formula is C12H19I3N8. The number of rotatable bonds is 1. The number of aromatic nitrogens is 4. The standard InChI is InChI=1S/C6H10N4.C6H6N4.I2.HI.H2/c2*1-4-9-3-5(2-7)6(8)10-4;1-2;;/h3H,2,7H2,1H3,(H2,8,9,10);3H,1H3,(H2,8,9,10);;2*1H. The monoisotopic (exact) mass is 656 g/mol. The molecule has 0 atom stereocenters. The smallest absolute Gasteiger partial charge is 0.145 e. The summed E-state index contributed by atoms with van der Waals surface area (Å²) in [6.07, 6.45) is 3.06. The molecule has 2 heterocycles. The fourth-order valence-corrected chi connectivity index (χ4v) is 1.24. The summed E-state index contributed by atoms with van der Waals surface area (Å²) >= 11 is 4.24. The molecule has 8 nitrogen and oxygen atoms in total. The highest BCUT2D eigenvalue weighted by Crippen LogP contribution is 2.04. The van der Waals surface area contributed by atoms with Gasteiger partial charge in [0.15, 0.2) is 0 Å². The van der Waals surface area contributed by atoms with E-state index in [1.807, 2.05) is 6.07 Å². The lowest BCUT2D eigenvalue weighted by atomic mass is 10.3. The van der Waals surface area contributed by atoms with E-state index < -0.39 is 0 Å². The van der Waals surface area contributed by atoms with Gasteiger partial charge >= 0.3 is 0 Å². The van der Waals surface area contributed by atoms with Crippen LogP contribution in [-0.2, 0) is 6.54 Å². The lowest BCUT2D eigenvalue weighted by Crippen LogP contribution is -2.05. The molecule has 128 valence electrons. The van der Waals surface area contributed by atoms with Crippen LogP contribution in [0.2, 0.25) is 0 Å². The number of hydrogen-bond acceptors (Lipinski definition) is 8. The van der Waals surface area contributed by atoms with Gasteiger partial charge in [0.2, 0.25) is 0 Å². The first-order valence-electron chi connectivity index (χ1n) is 5.89. The maximum Gasteiger partial charge on any atom is 0.145 e. The van der Waals surface area contributed by atoms with E-state index in [9.17, 15) is 0 Å². The van der Waals surface area contributed by atoms with Crippen molar-refractivity contribution < 1.29 is 1.43 Å². The van der Waals surface area contributed by atoms with Crippen molar-refractivity contribution in [1.29, 1.82) is 5.26 Å². The number of nitrogens with two attached hydrogens (primary N) is 3. The van der Waals surface area contributed by atoms with Crippen LogP contribution >= 0.6 is 61.2 Å². The number of nitrogens with zero attached hydrogens (tertiary/aromatic N) is 5. The zero-order valence-corrected chi connectivity index (χ0v) is 19.1. The molecule has 2 aromatic heterocycles. The Kier molecular flexibility index (Phi) is 14.8. The Bertz CT molecular complexity index is 651. The number of nitrogen functional groups attached to an aromatic ring is 2. The van der Waals surface area contributed by atoms with E-state index in [-0.39, 0.29) is 31.2 Å². The molecule has 6 N–H and O–H groups in total. The highest BCUT2D eigenvalue weighted by Gasteiger charge is 1.98. The second kappa shape index (κ2) is 13.8. The zero-order chi connectivity index (χ0) is 17.1. The predicted molar refractivity (Wildman–Crippen MR) is 121 cm³/mol. The van der Waals surface area contributed by atoms with Crippen molar-refractivity contribution in [2.75, 3.05) is 11.5 Å². The Hall–Kier alpha value is -0.600. The summed E-state index contributed by atoms with van der Waals surface area (Å²) in [5.41, 5.74) is 17.3. The summed E-state index contributed by atoms with van der Waals surface area (Å²) in [5, 5.41) is 8.40. The van der Waals surface area contributed by atoms with Gasteiger partial charge in [0, 0.05) is 57.0 Å². The van der Waals surface area contributed by atoms with Gasteiger partial charge in [-0.25, -0.2) is 19.9 Å². The van der Waals surface area contributed by atoms with Crippen LogP contribution < -0.4 is 17.2 Å². The first-order chi connectivity index (χ1) is 10.5. The summed E-state index contributed by atoms with van der Waals surface area (Å²) < 4.78 is 0. The third kappa shape index (κ3) is 9.32. The molecule has 0 radical (unpaired) electrons. The molecule has 23 heavy (non-hydrogen) atoms. The Morgan fingerprint density at radius 3 is 1.96 bits per heavy atom. The molecule has 0 aromatic carbocycles. The molecule has 0 aliphatic carbocycles. The highest BCUT2D eigenvalue weighted by atomic mass is 128. The first kappa shape index (κ1) is 24.6. The van der Waals surface area contributed by atoms with Crippen LogP contribution in [-0.4, -0.2) is 19.9 Å². The van der Waals surface area contributed by atoms with Crippen LogP contribution in [0.4, 0.5) is 11.6 Å². The van der Waals surface area contributed by atoms with Crippen LogP contribution in [0.3, 0.4) is 0 Å². The molecule has 0 spiro atoms. The molecule has 0 fully saturated rings. The Morgan fingerprint density at radius 1 is 1.09 bits per heavy atom. The highest BCUT2D eigenvalue weighted by molar-refractivity contribution is 15.0. The van der Waals surface area contributed by atoms with Crippen LogP contribution in [0.1, 0.15) is 24.2 Å². The van der Waals surface area contributed by atoms with Crippen LogP contribution in [0.15, 0.2) is 12.4 Å². The van der Waals surface area contributed by atoms with Crippen LogP contribution in [0.5, 0.6) is 0 Å². The van der Waals surface area contributed by atoms with Gasteiger partial charge < -0.3 is 17.2 Å². The molecule has 11 heteroatoms. The zero-order valence-electron chi connectivity index (χ0n) is 12.5. The largest absolute Gasteiger partial charge is 0.383 e. The van der Waals surface area contributed by atoms with Crippen LogP contribution in [0.25, 0.3) is 0 Å². The summed E-state index contributed by atoms with van der Waals surface area (Å²) in [5.74, 6) is 1.98. The van der Waals surface area contributed by atoms with Gasteiger partial charge in [-0.15, -0.1) is 24.0 Å². The van der Waals surface area contributed by atoms with Gasteiger partial charge in [0.05, 0.1) is 6.20 Å². The van der Waals surface area contributed by atoms with E-state index in [1.165, 1.54) is 6.20 Å². The molecule has 0 unspecified atom stereocenters. The third-order valence-corrected chi connectivity index (χ3v) is 2.30. The minimum atomic E-state index is 0. The molecule has 0 saturated heterocycles. The lowest BCUT2D eigenvalue weighted by Gasteiger charge is -1.99. The second-order valence-corrected chi connectivity index (χ2v) is 3.86. The summed E-state index contributed by atoms with van der Waals surface area (Å²) in [6.45, 7) is 3.90. The molecule has 2 rings (SSSR count). The lowest BCUT2D eigenvalue weighted by molar-refractivity contribution is 0.979. The van der Waals surface area contributed by atoms with Gasteiger partial charge in [0.1, 0.15) is 34.9 Å². The van der Waals surface area contributed by atoms with E-state index in [0.29, 0.717) is 29.6 Å². The van der Waals surface area contributed by atoms with Crippen molar-refractivity contribution >= 4 is 72.8 Å². The maximum atomic E-state index is 8.40. The van der Waals surface area contributed by atoms with Gasteiger partial charge in [-0.1, -0.05) is 0 Å². The number of hydrogen-bond donors (Lipinski definition) is 3. The van der Waals surface area contributed by atoms with E-state index in [2.05, 4.69) is 57.2 Å². The summed E-state index contributed by atoms with van der Waals surface area (Å²) in [7, 11) is 0. The van der Waals surface area contributed by atoms with Crippen LogP contribution in [0, 0.1) is 25.2 Å². The van der Waals surface area contributed by atoms with E-state index in [4.69, 9.17) is 22.5 Å². The second-order valence-electron chi connectivity index (χ2n) is 3.86. The van der Waals surface area contributed by atoms with Crippen molar-refractivity contribution in [3.05, 3.63) is 35.2 Å². The van der Waals surface area contributed by atoms with E-state index >= 15 is 0 Å². The Labute approximate surface area is 176 Å². The normalized spacial score (nSPS) is 8.35. The molecule has 2 aromatic rings. The van der Waals surface area contributed by atoms with Crippen molar-refractivity contribution in [2.45, 2.75) is 20.4 Å². The molecule has 0 bridgehead atoms. The van der Waals surface area contributed by atoms with Gasteiger partial charge in [-0.3, -0.25) is 0 Å². The van der Waals surface area contributed by atoms with Gasteiger partial charge in [-0.2, -0.15) is 5.26 Å². The Balaban J connectivity index is -0.000000310. The fraction of sp³-hybridized carbons (Fsp3) is 0.250. The number of nitriles is 1. The maximum absolute atomic E-state index is 8.40. The quantitative estimate of drug-likeness (QED) is 0.397. The molecule has 0 aliphatic rings. The first-order valence-corrected chi connectivity index (χ1v) is 12.2. The fourth-order valence-electron chi connectivity index (χ4n) is 1.24.